The summed E-state index contributed by atoms with van der Waals surface area (Å²) in [6, 6.07) is 22.2. The van der Waals surface area contributed by atoms with Crippen LogP contribution in [0.4, 0.5) is 26.7 Å². The van der Waals surface area contributed by atoms with E-state index >= 15 is 0 Å². The number of rotatable bonds is 9. The number of ether oxygens (including phenoxy) is 3. The van der Waals surface area contributed by atoms with E-state index in [1.807, 2.05) is 99.3 Å². The number of benzene rings is 3. The Balaban J connectivity index is 1.45. The molecule has 3 aromatic carbocycles. The van der Waals surface area contributed by atoms with E-state index in [-0.39, 0.29) is 24.2 Å². The molecule has 3 aromatic rings. The molecular formula is C41H53N3O5. The molecule has 0 N–H and O–H groups in total. The SMILES string of the molecule is CCCCOc1cc2c(cc1N(C(=O)OC(C)(C)C)c1ccccc1N(C)C)C[C@H]1[C@H]3CCCC[C@@]23CCN1C(=O)OCc1ccccc1. The average molecular weight is 668 g/mol. The third-order valence-electron chi connectivity index (χ3n) is 10.5. The van der Waals surface area contributed by atoms with E-state index in [1.54, 1.807) is 4.90 Å². The highest BCUT2D eigenvalue weighted by Gasteiger charge is 2.55. The number of piperidine rings is 1. The molecule has 2 amide bonds. The third-order valence-corrected chi connectivity index (χ3v) is 10.5. The fourth-order valence-electron chi connectivity index (χ4n) is 8.34. The van der Waals surface area contributed by atoms with Crippen LogP contribution in [0.15, 0.2) is 66.7 Å². The molecular weight excluding hydrogens is 614 g/mol. The second-order valence-corrected chi connectivity index (χ2v) is 15.1. The van der Waals surface area contributed by atoms with Crippen molar-refractivity contribution in [3.05, 3.63) is 83.4 Å². The zero-order valence-electron chi connectivity index (χ0n) is 30.2. The molecule has 2 aliphatic carbocycles. The lowest BCUT2D eigenvalue weighted by atomic mass is 9.52. The zero-order valence-corrected chi connectivity index (χ0v) is 30.2. The molecule has 2 fully saturated rings. The Bertz CT molecular complexity index is 1630. The molecule has 2 bridgehead atoms. The molecule has 8 nitrogen and oxygen atoms in total. The number of para-hydroxylation sites is 2. The highest BCUT2D eigenvalue weighted by atomic mass is 16.6. The van der Waals surface area contributed by atoms with Crippen LogP contribution in [0.1, 0.15) is 89.3 Å². The maximum atomic E-state index is 14.3. The van der Waals surface area contributed by atoms with Crippen LogP contribution in [0.25, 0.3) is 0 Å². The second-order valence-electron chi connectivity index (χ2n) is 15.1. The minimum absolute atomic E-state index is 0.0218. The lowest BCUT2D eigenvalue weighted by Crippen LogP contribution is -2.62. The van der Waals surface area contributed by atoms with Crippen LogP contribution >= 0.6 is 0 Å². The largest absolute Gasteiger partial charge is 0.491 e. The molecule has 8 heteroatoms. The van der Waals surface area contributed by atoms with Crippen LogP contribution in [-0.4, -0.2) is 56.0 Å². The van der Waals surface area contributed by atoms with Gasteiger partial charge < -0.3 is 24.0 Å². The summed E-state index contributed by atoms with van der Waals surface area (Å²) in [6.07, 6.45) is 7.28. The Morgan fingerprint density at radius 3 is 2.39 bits per heavy atom. The van der Waals surface area contributed by atoms with Crippen LogP contribution < -0.4 is 14.5 Å². The molecule has 0 radical (unpaired) electrons. The van der Waals surface area contributed by atoms with Gasteiger partial charge in [0, 0.05) is 32.1 Å². The lowest BCUT2D eigenvalue weighted by Gasteiger charge is -2.58. The number of hydrogen-bond acceptors (Lipinski definition) is 6. The number of nitrogens with zero attached hydrogens (tertiary/aromatic N) is 3. The summed E-state index contributed by atoms with van der Waals surface area (Å²) >= 11 is 0. The fraction of sp³-hybridized carbons (Fsp3) is 0.512. The van der Waals surface area contributed by atoms with E-state index < -0.39 is 11.7 Å². The summed E-state index contributed by atoms with van der Waals surface area (Å²) < 4.78 is 18.6. The van der Waals surface area contributed by atoms with Crippen molar-refractivity contribution in [2.75, 3.05) is 37.0 Å². The van der Waals surface area contributed by atoms with Crippen molar-refractivity contribution in [1.29, 1.82) is 0 Å². The van der Waals surface area contributed by atoms with Crippen molar-refractivity contribution in [2.45, 2.75) is 103 Å². The van der Waals surface area contributed by atoms with Crippen molar-refractivity contribution in [3.63, 3.8) is 0 Å². The van der Waals surface area contributed by atoms with Gasteiger partial charge in [0.2, 0.25) is 0 Å². The van der Waals surface area contributed by atoms with Crippen molar-refractivity contribution in [1.82, 2.24) is 4.90 Å². The van der Waals surface area contributed by atoms with Gasteiger partial charge in [0.15, 0.2) is 0 Å². The second kappa shape index (κ2) is 14.3. The number of amides is 2. The molecule has 1 aliphatic heterocycles. The number of anilines is 3. The minimum atomic E-state index is -0.703. The van der Waals surface area contributed by atoms with Gasteiger partial charge in [0.05, 0.1) is 23.7 Å². The average Bonchev–Trinajstić information content (AvgIpc) is 3.07. The van der Waals surface area contributed by atoms with Crippen molar-refractivity contribution >= 4 is 29.2 Å². The monoisotopic (exact) mass is 667 g/mol. The molecule has 1 saturated carbocycles. The molecule has 3 atom stereocenters. The highest BCUT2D eigenvalue weighted by Crippen LogP contribution is 2.57. The van der Waals surface area contributed by atoms with Crippen LogP contribution in [-0.2, 0) is 27.9 Å². The van der Waals surface area contributed by atoms with E-state index in [4.69, 9.17) is 14.2 Å². The van der Waals surface area contributed by atoms with Crippen LogP contribution in [0.5, 0.6) is 5.75 Å². The highest BCUT2D eigenvalue weighted by molar-refractivity contribution is 6.01. The standard InChI is InChI=1S/C41H53N3O5/c1-7-8-24-47-37-27-32-30(26-36(37)44(39(46)49-40(2,3)4)34-20-13-12-19-33(34)42(5)6)25-35-31-18-14-15-21-41(31,32)22-23-43(35)38(45)48-28-29-16-10-9-11-17-29/h9-13,16-17,19-20,26-27,31,35H,7-8,14-15,18,21-25,28H2,1-6H3/t31-,35+,41+/m1/s1. The molecule has 6 rings (SSSR count). The molecule has 49 heavy (non-hydrogen) atoms. The van der Waals surface area contributed by atoms with Gasteiger partial charge >= 0.3 is 12.2 Å². The quantitative estimate of drug-likeness (QED) is 0.212. The van der Waals surface area contributed by atoms with E-state index in [2.05, 4.69) is 19.1 Å². The van der Waals surface area contributed by atoms with Gasteiger partial charge in [-0.15, -0.1) is 0 Å². The summed E-state index contributed by atoms with van der Waals surface area (Å²) in [5, 5.41) is 0. The predicted molar refractivity (Wildman–Crippen MR) is 195 cm³/mol. The van der Waals surface area contributed by atoms with Gasteiger partial charge in [0.25, 0.3) is 0 Å². The van der Waals surface area contributed by atoms with Gasteiger partial charge in [-0.3, -0.25) is 0 Å². The molecule has 1 saturated heterocycles. The van der Waals surface area contributed by atoms with Gasteiger partial charge in [0.1, 0.15) is 18.0 Å². The Morgan fingerprint density at radius 1 is 0.939 bits per heavy atom. The maximum Gasteiger partial charge on any atom is 0.419 e. The topological polar surface area (TPSA) is 71.5 Å². The van der Waals surface area contributed by atoms with Crippen molar-refractivity contribution < 1.29 is 23.8 Å². The smallest absolute Gasteiger partial charge is 0.419 e. The fourth-order valence-corrected chi connectivity index (χ4v) is 8.34. The Kier molecular flexibility index (Phi) is 10.1. The number of carbonyl (C=O) groups is 2. The normalized spacial score (nSPS) is 21.2. The molecule has 0 aromatic heterocycles. The number of unbranched alkanes of at least 4 members (excludes halogenated alkanes) is 1. The van der Waals surface area contributed by atoms with E-state index in [1.165, 1.54) is 5.56 Å². The number of hydrogen-bond donors (Lipinski definition) is 0. The first-order valence-electron chi connectivity index (χ1n) is 18.1. The Hall–Kier alpha value is -4.20. The summed E-state index contributed by atoms with van der Waals surface area (Å²) in [5.41, 5.74) is 5.00. The Labute approximate surface area is 292 Å². The van der Waals surface area contributed by atoms with Gasteiger partial charge in [-0.1, -0.05) is 68.7 Å². The number of carbonyl (C=O) groups excluding carboxylic acids is 2. The van der Waals surface area contributed by atoms with Gasteiger partial charge in [-0.25, -0.2) is 14.5 Å². The Morgan fingerprint density at radius 2 is 1.67 bits per heavy atom. The molecule has 3 aliphatic rings. The van der Waals surface area contributed by atoms with E-state index in [0.717, 1.165) is 67.4 Å². The lowest BCUT2D eigenvalue weighted by molar-refractivity contribution is -0.0137. The zero-order chi connectivity index (χ0) is 34.8. The predicted octanol–water partition coefficient (Wildman–Crippen LogP) is 9.40. The third kappa shape index (κ3) is 7.10. The summed E-state index contributed by atoms with van der Waals surface area (Å²) in [4.78, 5) is 33.7. The first-order valence-corrected chi connectivity index (χ1v) is 18.1. The van der Waals surface area contributed by atoms with Crippen LogP contribution in [0.3, 0.4) is 0 Å². The van der Waals surface area contributed by atoms with Gasteiger partial charge in [-0.05, 0) is 99.7 Å². The van der Waals surface area contributed by atoms with Crippen LogP contribution in [0.2, 0.25) is 0 Å². The summed E-state index contributed by atoms with van der Waals surface area (Å²) in [6.45, 7) is 9.31. The van der Waals surface area contributed by atoms with Crippen molar-refractivity contribution in [3.8, 4) is 5.75 Å². The summed E-state index contributed by atoms with van der Waals surface area (Å²) in [5.74, 6) is 1.05. The van der Waals surface area contributed by atoms with Crippen molar-refractivity contribution in [2.24, 2.45) is 5.92 Å². The van der Waals surface area contributed by atoms with E-state index in [9.17, 15) is 9.59 Å². The number of likely N-dealkylation sites (tertiary alicyclic amines) is 1. The molecule has 0 unspecified atom stereocenters. The van der Waals surface area contributed by atoms with Crippen LogP contribution in [0, 0.1) is 5.92 Å². The van der Waals surface area contributed by atoms with E-state index in [0.29, 0.717) is 36.9 Å². The van der Waals surface area contributed by atoms with Gasteiger partial charge in [-0.2, -0.15) is 0 Å². The first kappa shape index (κ1) is 34.7. The first-order chi connectivity index (χ1) is 23.5. The maximum absolute atomic E-state index is 14.3. The molecule has 0 spiro atoms. The minimum Gasteiger partial charge on any atom is -0.491 e. The summed E-state index contributed by atoms with van der Waals surface area (Å²) in [7, 11) is 3.96. The molecule has 262 valence electrons. The molecule has 1 heterocycles. The number of fused-ring (bicyclic) bond motifs is 1.